The SMILES string of the molecule is COc1ccc(OC(=O)NCc2ccccc2)cc1-c1cncc(-c2nnn(COCC[Si](C)(C)C)n2)c1. The van der Waals surface area contributed by atoms with Gasteiger partial charge in [0, 0.05) is 50.3 Å². The van der Waals surface area contributed by atoms with Crippen LogP contribution in [0.5, 0.6) is 11.5 Å². The van der Waals surface area contributed by atoms with Crippen LogP contribution in [-0.4, -0.2) is 53.1 Å². The van der Waals surface area contributed by atoms with Gasteiger partial charge >= 0.3 is 6.09 Å². The molecule has 0 unspecified atom stereocenters. The number of pyridine rings is 1. The first kappa shape index (κ1) is 27.0. The Bertz CT molecular complexity index is 1360. The maximum atomic E-state index is 12.4. The fourth-order valence-electron chi connectivity index (χ4n) is 3.54. The van der Waals surface area contributed by atoms with E-state index in [-0.39, 0.29) is 6.73 Å². The first-order chi connectivity index (χ1) is 18.3. The molecule has 2 aromatic carbocycles. The predicted octanol–water partition coefficient (Wildman–Crippen LogP) is 5.01. The first-order valence-electron chi connectivity index (χ1n) is 12.3. The fraction of sp³-hybridized carbons (Fsp3) is 0.296. The lowest BCUT2D eigenvalue weighted by atomic mass is 10.0. The highest BCUT2D eigenvalue weighted by Crippen LogP contribution is 2.34. The van der Waals surface area contributed by atoms with Crippen LogP contribution >= 0.6 is 0 Å². The van der Waals surface area contributed by atoms with E-state index in [0.717, 1.165) is 17.2 Å². The van der Waals surface area contributed by atoms with E-state index in [4.69, 9.17) is 14.2 Å². The molecule has 4 aromatic rings. The molecule has 11 heteroatoms. The number of tetrazole rings is 1. The maximum absolute atomic E-state index is 12.4. The van der Waals surface area contributed by atoms with E-state index in [2.05, 4.69) is 45.4 Å². The van der Waals surface area contributed by atoms with E-state index in [9.17, 15) is 4.79 Å². The lowest BCUT2D eigenvalue weighted by molar-refractivity contribution is 0.0674. The van der Waals surface area contributed by atoms with Gasteiger partial charge in [0.1, 0.15) is 11.5 Å². The van der Waals surface area contributed by atoms with Gasteiger partial charge < -0.3 is 19.5 Å². The van der Waals surface area contributed by atoms with Crippen molar-refractivity contribution in [3.63, 3.8) is 0 Å². The van der Waals surface area contributed by atoms with Gasteiger partial charge in [-0.05, 0) is 41.1 Å². The monoisotopic (exact) mass is 532 g/mol. The summed E-state index contributed by atoms with van der Waals surface area (Å²) in [5, 5.41) is 15.4. The van der Waals surface area contributed by atoms with Crippen LogP contribution < -0.4 is 14.8 Å². The molecule has 0 saturated carbocycles. The van der Waals surface area contributed by atoms with Gasteiger partial charge in [-0.15, -0.1) is 15.0 Å². The fourth-order valence-corrected chi connectivity index (χ4v) is 4.29. The molecule has 0 spiro atoms. The van der Waals surface area contributed by atoms with E-state index in [1.807, 2.05) is 36.4 Å². The molecule has 38 heavy (non-hydrogen) atoms. The second-order valence-corrected chi connectivity index (χ2v) is 15.5. The molecule has 0 aliphatic heterocycles. The molecule has 1 N–H and O–H groups in total. The zero-order chi connectivity index (χ0) is 27.0. The molecule has 0 bridgehead atoms. The Morgan fingerprint density at radius 3 is 2.58 bits per heavy atom. The van der Waals surface area contributed by atoms with E-state index in [1.165, 1.54) is 4.80 Å². The number of aromatic nitrogens is 5. The van der Waals surface area contributed by atoms with E-state index in [0.29, 0.717) is 41.6 Å². The molecule has 4 rings (SSSR count). The van der Waals surface area contributed by atoms with Gasteiger partial charge in [-0.3, -0.25) is 4.98 Å². The molecule has 2 aromatic heterocycles. The third-order valence-corrected chi connectivity index (χ3v) is 7.33. The predicted molar refractivity (Wildman–Crippen MR) is 146 cm³/mol. The van der Waals surface area contributed by atoms with Gasteiger partial charge in [0.25, 0.3) is 0 Å². The number of carbonyl (C=O) groups is 1. The van der Waals surface area contributed by atoms with Gasteiger partial charge in [0.15, 0.2) is 6.73 Å². The summed E-state index contributed by atoms with van der Waals surface area (Å²) in [6.07, 6.45) is 2.82. The van der Waals surface area contributed by atoms with Crippen molar-refractivity contribution in [3.8, 4) is 34.0 Å². The molecule has 0 aliphatic carbocycles. The van der Waals surface area contributed by atoms with Gasteiger partial charge in [-0.2, -0.15) is 0 Å². The Hall–Kier alpha value is -4.09. The molecule has 2 heterocycles. The Morgan fingerprint density at radius 1 is 1.03 bits per heavy atom. The summed E-state index contributed by atoms with van der Waals surface area (Å²) < 4.78 is 16.8. The summed E-state index contributed by atoms with van der Waals surface area (Å²) in [6, 6.07) is 17.7. The summed E-state index contributed by atoms with van der Waals surface area (Å²) in [7, 11) is 0.420. The van der Waals surface area contributed by atoms with Crippen LogP contribution in [0.15, 0.2) is 67.0 Å². The second kappa shape index (κ2) is 12.4. The lowest BCUT2D eigenvalue weighted by Crippen LogP contribution is -2.26. The molecule has 10 nitrogen and oxygen atoms in total. The Kier molecular flexibility index (Phi) is 8.82. The molecular formula is C27H32N6O4Si. The zero-order valence-corrected chi connectivity index (χ0v) is 23.0. The minimum atomic E-state index is -1.16. The van der Waals surface area contributed by atoms with Crippen LogP contribution in [0, 0.1) is 0 Å². The van der Waals surface area contributed by atoms with E-state index >= 15 is 0 Å². The lowest BCUT2D eigenvalue weighted by Gasteiger charge is -2.14. The number of nitrogens with zero attached hydrogens (tertiary/aromatic N) is 5. The highest BCUT2D eigenvalue weighted by atomic mass is 28.3. The van der Waals surface area contributed by atoms with Crippen LogP contribution in [0.25, 0.3) is 22.5 Å². The first-order valence-corrected chi connectivity index (χ1v) is 16.0. The number of hydrogen-bond acceptors (Lipinski definition) is 8. The van der Waals surface area contributed by atoms with Crippen molar-refractivity contribution in [2.24, 2.45) is 0 Å². The third kappa shape index (κ3) is 7.70. The van der Waals surface area contributed by atoms with Gasteiger partial charge in [-0.1, -0.05) is 50.0 Å². The molecule has 198 valence electrons. The van der Waals surface area contributed by atoms with Crippen LogP contribution in [0.3, 0.4) is 0 Å². The summed E-state index contributed by atoms with van der Waals surface area (Å²) in [5.41, 5.74) is 3.12. The van der Waals surface area contributed by atoms with Crippen molar-refractivity contribution in [2.75, 3.05) is 13.7 Å². The largest absolute Gasteiger partial charge is 0.496 e. The zero-order valence-electron chi connectivity index (χ0n) is 22.0. The minimum Gasteiger partial charge on any atom is -0.496 e. The van der Waals surface area contributed by atoms with E-state index in [1.54, 1.807) is 37.7 Å². The number of methoxy groups -OCH3 is 1. The number of amides is 1. The van der Waals surface area contributed by atoms with Crippen LogP contribution in [0.2, 0.25) is 25.7 Å². The average molecular weight is 533 g/mol. The van der Waals surface area contributed by atoms with E-state index < -0.39 is 14.2 Å². The standard InChI is InChI=1S/C27H32N6O4Si/c1-35-25-11-10-23(37-27(34)29-16-20-8-6-5-7-9-20)15-24(25)21-14-22(18-28-17-21)26-30-32-33(31-26)19-36-12-13-38(2,3)4/h5-11,14-15,17-18H,12-13,16,19H2,1-4H3,(H,29,34). The normalized spacial score (nSPS) is 11.3. The number of carbonyl (C=O) groups excluding carboxylic acids is 1. The Balaban J connectivity index is 1.45. The molecule has 1 amide bonds. The van der Waals surface area contributed by atoms with Crippen LogP contribution in [-0.2, 0) is 18.0 Å². The molecular weight excluding hydrogens is 500 g/mol. The molecule has 0 atom stereocenters. The van der Waals surface area contributed by atoms with Crippen LogP contribution in [0.1, 0.15) is 5.56 Å². The molecule has 0 saturated heterocycles. The number of hydrogen-bond donors (Lipinski definition) is 1. The van der Waals surface area contributed by atoms with Gasteiger partial charge in [-0.25, -0.2) is 4.79 Å². The van der Waals surface area contributed by atoms with Crippen molar-refractivity contribution in [1.29, 1.82) is 0 Å². The summed E-state index contributed by atoms with van der Waals surface area (Å²) >= 11 is 0. The molecule has 0 radical (unpaired) electrons. The van der Waals surface area contributed by atoms with Crippen molar-refractivity contribution in [3.05, 3.63) is 72.6 Å². The summed E-state index contributed by atoms with van der Waals surface area (Å²) in [5.74, 6) is 1.41. The Labute approximate surface area is 223 Å². The third-order valence-electron chi connectivity index (χ3n) is 5.62. The number of rotatable bonds is 11. The highest BCUT2D eigenvalue weighted by Gasteiger charge is 2.15. The van der Waals surface area contributed by atoms with Crippen molar-refractivity contribution >= 4 is 14.2 Å². The highest BCUT2D eigenvalue weighted by molar-refractivity contribution is 6.76. The van der Waals surface area contributed by atoms with Gasteiger partial charge in [0.2, 0.25) is 5.82 Å². The summed E-state index contributed by atoms with van der Waals surface area (Å²) in [6.45, 7) is 8.20. The smallest absolute Gasteiger partial charge is 0.412 e. The maximum Gasteiger partial charge on any atom is 0.412 e. The minimum absolute atomic E-state index is 0.240. The Morgan fingerprint density at radius 2 is 1.82 bits per heavy atom. The van der Waals surface area contributed by atoms with Crippen molar-refractivity contribution < 1.29 is 19.0 Å². The summed E-state index contributed by atoms with van der Waals surface area (Å²) in [4.78, 5) is 18.1. The molecule has 0 aliphatic rings. The van der Waals surface area contributed by atoms with Crippen molar-refractivity contribution in [1.82, 2.24) is 30.5 Å². The second-order valence-electron chi connectivity index (χ2n) is 9.89. The number of benzene rings is 2. The average Bonchev–Trinajstić information content (AvgIpc) is 3.39. The van der Waals surface area contributed by atoms with Gasteiger partial charge in [0.05, 0.1) is 7.11 Å². The molecule has 0 fully saturated rings. The number of ether oxygens (including phenoxy) is 3. The number of nitrogens with one attached hydrogen (secondary N) is 1. The topological polar surface area (TPSA) is 113 Å². The quantitative estimate of drug-likeness (QED) is 0.212. The van der Waals surface area contributed by atoms with Crippen molar-refractivity contribution in [2.45, 2.75) is 39.0 Å². The van der Waals surface area contributed by atoms with Crippen LogP contribution in [0.4, 0.5) is 4.79 Å².